The molecule has 1 aromatic carbocycles. The van der Waals surface area contributed by atoms with Gasteiger partial charge in [0.25, 0.3) is 0 Å². The van der Waals surface area contributed by atoms with Crippen LogP contribution in [0.4, 0.5) is 0 Å². The van der Waals surface area contributed by atoms with Gasteiger partial charge in [-0.25, -0.2) is 0 Å². The first-order valence-electron chi connectivity index (χ1n) is 5.74. The summed E-state index contributed by atoms with van der Waals surface area (Å²) in [7, 11) is 0. The maximum absolute atomic E-state index is 10.6. The molecule has 0 saturated heterocycles. The highest BCUT2D eigenvalue weighted by Gasteiger charge is 2.17. The molecule has 0 aromatic heterocycles. The van der Waals surface area contributed by atoms with Crippen LogP contribution in [0.3, 0.4) is 0 Å². The lowest BCUT2D eigenvalue weighted by atomic mass is 9.93. The second-order valence-corrected chi connectivity index (χ2v) is 4.10. The van der Waals surface area contributed by atoms with Crippen molar-refractivity contribution in [2.24, 2.45) is 11.7 Å². The average Bonchev–Trinajstić information content (AvgIpc) is 2.28. The normalized spacial score (nSPS) is 14.1. The largest absolute Gasteiger partial charge is 0.494 e. The van der Waals surface area contributed by atoms with Gasteiger partial charge in [0.05, 0.1) is 6.61 Å². The summed E-state index contributed by atoms with van der Waals surface area (Å²) in [5.41, 5.74) is 6.94. The third kappa shape index (κ3) is 4.07. The fraction of sp³-hybridized carbons (Fsp3) is 0.462. The number of nitrogens with two attached hydrogens (primary N) is 1. The van der Waals surface area contributed by atoms with Crippen molar-refractivity contribution in [2.75, 3.05) is 6.61 Å². The molecular formula is C13H19NO3. The Labute approximate surface area is 101 Å². The first kappa shape index (κ1) is 13.5. The summed E-state index contributed by atoms with van der Waals surface area (Å²) in [5, 5.41) is 8.72. The number of hydrogen-bond acceptors (Lipinski definition) is 3. The van der Waals surface area contributed by atoms with Crippen LogP contribution in [-0.2, 0) is 4.79 Å². The highest BCUT2D eigenvalue weighted by Crippen LogP contribution is 2.23. The molecule has 0 aliphatic rings. The van der Waals surface area contributed by atoms with Gasteiger partial charge in [0.1, 0.15) is 5.75 Å². The smallest absolute Gasteiger partial charge is 0.303 e. The Bertz CT molecular complexity index is 361. The van der Waals surface area contributed by atoms with E-state index in [1.807, 2.05) is 38.1 Å². The number of hydrogen-bond donors (Lipinski definition) is 2. The van der Waals surface area contributed by atoms with Crippen molar-refractivity contribution in [3.63, 3.8) is 0 Å². The van der Waals surface area contributed by atoms with Gasteiger partial charge in [-0.3, -0.25) is 4.79 Å². The third-order valence-corrected chi connectivity index (χ3v) is 2.69. The first-order chi connectivity index (χ1) is 8.04. The van der Waals surface area contributed by atoms with Crippen LogP contribution in [0.25, 0.3) is 0 Å². The minimum atomic E-state index is -0.820. The molecule has 1 aromatic rings. The van der Waals surface area contributed by atoms with Gasteiger partial charge in [-0.15, -0.1) is 0 Å². The summed E-state index contributed by atoms with van der Waals surface area (Å²) in [6.07, 6.45) is 0.0778. The molecule has 1 rings (SSSR count). The number of rotatable bonds is 6. The van der Waals surface area contributed by atoms with E-state index in [9.17, 15) is 4.79 Å². The number of benzene rings is 1. The summed E-state index contributed by atoms with van der Waals surface area (Å²) < 4.78 is 5.33. The molecule has 0 fully saturated rings. The Morgan fingerprint density at radius 2 is 2.00 bits per heavy atom. The van der Waals surface area contributed by atoms with E-state index < -0.39 is 5.97 Å². The maximum atomic E-state index is 10.6. The summed E-state index contributed by atoms with van der Waals surface area (Å²) in [4.78, 5) is 10.6. The predicted octanol–water partition coefficient (Wildman–Crippen LogP) is 2.20. The van der Waals surface area contributed by atoms with Crippen LogP contribution in [0.15, 0.2) is 24.3 Å². The Hall–Kier alpha value is -1.55. The van der Waals surface area contributed by atoms with Crippen molar-refractivity contribution in [1.29, 1.82) is 0 Å². The number of carbonyl (C=O) groups is 1. The monoisotopic (exact) mass is 237 g/mol. The fourth-order valence-electron chi connectivity index (χ4n) is 1.68. The number of carboxylic acids is 1. The molecule has 0 spiro atoms. The number of aliphatic carboxylic acids is 1. The van der Waals surface area contributed by atoms with Crippen molar-refractivity contribution in [3.8, 4) is 5.75 Å². The van der Waals surface area contributed by atoms with Gasteiger partial charge in [0.2, 0.25) is 0 Å². The Morgan fingerprint density at radius 3 is 2.47 bits per heavy atom. The zero-order valence-corrected chi connectivity index (χ0v) is 10.2. The minimum absolute atomic E-state index is 0.0778. The van der Waals surface area contributed by atoms with Gasteiger partial charge in [-0.05, 0) is 30.5 Å². The van der Waals surface area contributed by atoms with Crippen LogP contribution in [-0.4, -0.2) is 17.7 Å². The third-order valence-electron chi connectivity index (χ3n) is 2.69. The van der Waals surface area contributed by atoms with Gasteiger partial charge < -0.3 is 15.6 Å². The van der Waals surface area contributed by atoms with Crippen LogP contribution >= 0.6 is 0 Å². The second kappa shape index (κ2) is 6.25. The van der Waals surface area contributed by atoms with E-state index in [1.54, 1.807) is 0 Å². The number of carboxylic acid groups (broad SMARTS) is 1. The molecule has 0 amide bonds. The van der Waals surface area contributed by atoms with Crippen molar-refractivity contribution >= 4 is 5.97 Å². The van der Waals surface area contributed by atoms with Crippen LogP contribution in [0.2, 0.25) is 0 Å². The van der Waals surface area contributed by atoms with Crippen molar-refractivity contribution in [2.45, 2.75) is 26.3 Å². The summed E-state index contributed by atoms with van der Waals surface area (Å²) in [6, 6.07) is 7.21. The lowest BCUT2D eigenvalue weighted by Crippen LogP contribution is -2.21. The van der Waals surface area contributed by atoms with Gasteiger partial charge in [-0.2, -0.15) is 0 Å². The van der Waals surface area contributed by atoms with E-state index in [0.717, 1.165) is 11.3 Å². The van der Waals surface area contributed by atoms with Crippen LogP contribution in [0, 0.1) is 5.92 Å². The molecule has 4 heteroatoms. The molecule has 0 aliphatic carbocycles. The molecule has 0 heterocycles. The molecule has 0 aliphatic heterocycles. The quantitative estimate of drug-likeness (QED) is 0.795. The van der Waals surface area contributed by atoms with Crippen LogP contribution in [0.5, 0.6) is 5.75 Å². The molecule has 0 bridgehead atoms. The summed E-state index contributed by atoms with van der Waals surface area (Å²) >= 11 is 0. The van der Waals surface area contributed by atoms with Crippen LogP contribution < -0.4 is 10.5 Å². The summed E-state index contributed by atoms with van der Waals surface area (Å²) in [6.45, 7) is 4.39. The maximum Gasteiger partial charge on any atom is 0.303 e. The minimum Gasteiger partial charge on any atom is -0.494 e. The molecule has 2 atom stereocenters. The van der Waals surface area contributed by atoms with Crippen LogP contribution in [0.1, 0.15) is 31.9 Å². The standard InChI is InChI=1S/C13H19NO3/c1-3-17-11-6-4-10(5-7-11)13(14)9(2)8-12(15)16/h4-7,9,13H,3,8,14H2,1-2H3,(H,15,16). The highest BCUT2D eigenvalue weighted by atomic mass is 16.5. The predicted molar refractivity (Wildman–Crippen MR) is 66.0 cm³/mol. The zero-order valence-electron chi connectivity index (χ0n) is 10.2. The molecule has 4 nitrogen and oxygen atoms in total. The second-order valence-electron chi connectivity index (χ2n) is 4.10. The van der Waals surface area contributed by atoms with Gasteiger partial charge in [0, 0.05) is 12.5 Å². The Morgan fingerprint density at radius 1 is 1.41 bits per heavy atom. The van der Waals surface area contributed by atoms with E-state index in [2.05, 4.69) is 0 Å². The van der Waals surface area contributed by atoms with Gasteiger partial charge >= 0.3 is 5.97 Å². The van der Waals surface area contributed by atoms with Gasteiger partial charge in [0.15, 0.2) is 0 Å². The van der Waals surface area contributed by atoms with E-state index in [4.69, 9.17) is 15.6 Å². The van der Waals surface area contributed by atoms with Crippen molar-refractivity contribution < 1.29 is 14.6 Å². The molecule has 0 saturated carbocycles. The average molecular weight is 237 g/mol. The fourth-order valence-corrected chi connectivity index (χ4v) is 1.68. The van der Waals surface area contributed by atoms with E-state index in [0.29, 0.717) is 6.61 Å². The van der Waals surface area contributed by atoms with Crippen molar-refractivity contribution in [1.82, 2.24) is 0 Å². The van der Waals surface area contributed by atoms with Crippen molar-refractivity contribution in [3.05, 3.63) is 29.8 Å². The molecular weight excluding hydrogens is 218 g/mol. The lowest BCUT2D eigenvalue weighted by Gasteiger charge is -2.18. The number of ether oxygens (including phenoxy) is 1. The molecule has 94 valence electrons. The lowest BCUT2D eigenvalue weighted by molar-refractivity contribution is -0.138. The Kier molecular flexibility index (Phi) is 4.97. The molecule has 2 unspecified atom stereocenters. The first-order valence-corrected chi connectivity index (χ1v) is 5.74. The Balaban J connectivity index is 2.68. The topological polar surface area (TPSA) is 72.5 Å². The van der Waals surface area contributed by atoms with Gasteiger partial charge in [-0.1, -0.05) is 19.1 Å². The highest BCUT2D eigenvalue weighted by molar-refractivity contribution is 5.67. The van der Waals surface area contributed by atoms with E-state index in [1.165, 1.54) is 0 Å². The molecule has 17 heavy (non-hydrogen) atoms. The summed E-state index contributed by atoms with van der Waals surface area (Å²) in [5.74, 6) is -0.112. The van der Waals surface area contributed by atoms with E-state index >= 15 is 0 Å². The van der Waals surface area contributed by atoms with E-state index in [-0.39, 0.29) is 18.4 Å². The SMILES string of the molecule is CCOc1ccc(C(N)C(C)CC(=O)O)cc1. The zero-order chi connectivity index (χ0) is 12.8. The molecule has 3 N–H and O–H groups in total. The molecule has 0 radical (unpaired) electrons.